The van der Waals surface area contributed by atoms with Crippen LogP contribution in [0.5, 0.6) is 0 Å². The fraction of sp³-hybridized carbons (Fsp3) is 0.800. The minimum Gasteiger partial charge on any atom is -0.480 e. The molecule has 0 aromatic carbocycles. The summed E-state index contributed by atoms with van der Waals surface area (Å²) >= 11 is 0. The lowest BCUT2D eigenvalue weighted by Crippen LogP contribution is -2.54. The quantitative estimate of drug-likeness (QED) is 0.733. The number of carboxylic acid groups (broad SMARTS) is 1. The van der Waals surface area contributed by atoms with E-state index in [1.807, 2.05) is 0 Å². The summed E-state index contributed by atoms with van der Waals surface area (Å²) in [6.45, 7) is 1.86. The molecule has 1 aliphatic heterocycles. The normalized spacial score (nSPS) is 24.0. The van der Waals surface area contributed by atoms with Crippen molar-refractivity contribution in [3.8, 4) is 0 Å². The van der Waals surface area contributed by atoms with Gasteiger partial charge in [0.1, 0.15) is 15.4 Å². The van der Waals surface area contributed by atoms with E-state index in [0.717, 1.165) is 6.26 Å². The monoisotopic (exact) mass is 278 g/mol. The molecule has 1 heterocycles. The lowest BCUT2D eigenvalue weighted by molar-refractivity contribution is -0.147. The summed E-state index contributed by atoms with van der Waals surface area (Å²) in [7, 11) is -3.14. The summed E-state index contributed by atoms with van der Waals surface area (Å²) in [6.07, 6.45) is 2.11. The zero-order chi connectivity index (χ0) is 14.0. The van der Waals surface area contributed by atoms with E-state index < -0.39 is 27.4 Å². The van der Waals surface area contributed by atoms with Gasteiger partial charge in [0.2, 0.25) is 0 Å². The molecule has 1 atom stereocenters. The van der Waals surface area contributed by atoms with Crippen LogP contribution in [0.25, 0.3) is 0 Å². The van der Waals surface area contributed by atoms with Crippen molar-refractivity contribution in [2.45, 2.75) is 25.3 Å². The average molecular weight is 278 g/mol. The van der Waals surface area contributed by atoms with Gasteiger partial charge in [0.25, 0.3) is 0 Å². The molecule has 2 N–H and O–H groups in total. The van der Waals surface area contributed by atoms with E-state index in [1.165, 1.54) is 11.8 Å². The molecule has 1 aliphatic rings. The van der Waals surface area contributed by atoms with Gasteiger partial charge in [-0.25, -0.2) is 18.0 Å². The van der Waals surface area contributed by atoms with Crippen molar-refractivity contribution in [1.82, 2.24) is 10.2 Å². The van der Waals surface area contributed by atoms with E-state index in [1.54, 1.807) is 0 Å². The summed E-state index contributed by atoms with van der Waals surface area (Å²) in [4.78, 5) is 24.2. The second-order valence-electron chi connectivity index (χ2n) is 4.70. The van der Waals surface area contributed by atoms with Crippen molar-refractivity contribution in [3.05, 3.63) is 0 Å². The zero-order valence-electron chi connectivity index (χ0n) is 10.5. The van der Waals surface area contributed by atoms with Gasteiger partial charge in [0, 0.05) is 19.3 Å². The van der Waals surface area contributed by atoms with E-state index in [0.29, 0.717) is 19.4 Å². The number of urea groups is 1. The summed E-state index contributed by atoms with van der Waals surface area (Å²) in [6, 6.07) is -0.527. The second-order valence-corrected chi connectivity index (χ2v) is 6.96. The third-order valence-electron chi connectivity index (χ3n) is 3.10. The van der Waals surface area contributed by atoms with E-state index >= 15 is 0 Å². The maximum absolute atomic E-state index is 11.8. The maximum atomic E-state index is 11.8. The van der Waals surface area contributed by atoms with Crippen LogP contribution < -0.4 is 5.32 Å². The highest BCUT2D eigenvalue weighted by Crippen LogP contribution is 2.28. The van der Waals surface area contributed by atoms with Crippen LogP contribution in [0.1, 0.15) is 19.8 Å². The predicted octanol–water partition coefficient (Wildman–Crippen LogP) is -0.320. The Morgan fingerprint density at radius 2 is 2.06 bits per heavy atom. The van der Waals surface area contributed by atoms with E-state index in [4.69, 9.17) is 5.11 Å². The highest BCUT2D eigenvalue weighted by molar-refractivity contribution is 7.90. The van der Waals surface area contributed by atoms with Crippen LogP contribution >= 0.6 is 0 Å². The van der Waals surface area contributed by atoms with Crippen molar-refractivity contribution in [2.75, 3.05) is 25.1 Å². The molecule has 0 bridgehead atoms. The Hall–Kier alpha value is -1.31. The number of nitrogens with zero attached hydrogens (tertiary/aromatic N) is 1. The Labute approximate surface area is 106 Å². The summed E-state index contributed by atoms with van der Waals surface area (Å²) < 4.78 is 21.8. The molecule has 1 saturated heterocycles. The topological polar surface area (TPSA) is 104 Å². The van der Waals surface area contributed by atoms with Crippen LogP contribution in [0.15, 0.2) is 0 Å². The molecule has 0 aromatic rings. The number of carboxylic acids is 1. The van der Waals surface area contributed by atoms with Crippen LogP contribution in [0.2, 0.25) is 0 Å². The number of sulfone groups is 1. The van der Waals surface area contributed by atoms with Crippen LogP contribution in [0, 0.1) is 0 Å². The number of rotatable bonds is 4. The minimum absolute atomic E-state index is 0.0101. The molecule has 8 heteroatoms. The van der Waals surface area contributed by atoms with Gasteiger partial charge in [0.15, 0.2) is 0 Å². The first kappa shape index (κ1) is 14.7. The molecule has 1 rings (SSSR count). The van der Waals surface area contributed by atoms with Gasteiger partial charge in [0.05, 0.1) is 5.75 Å². The minimum atomic E-state index is -3.14. The summed E-state index contributed by atoms with van der Waals surface area (Å²) in [5.41, 5.74) is -1.20. The number of hydrogen-bond donors (Lipinski definition) is 2. The van der Waals surface area contributed by atoms with Crippen LogP contribution in [0.4, 0.5) is 4.79 Å². The first-order chi connectivity index (χ1) is 8.17. The Morgan fingerprint density at radius 1 is 1.44 bits per heavy atom. The molecule has 104 valence electrons. The molecule has 0 spiro atoms. The molecule has 0 aromatic heterocycles. The molecule has 18 heavy (non-hydrogen) atoms. The largest absolute Gasteiger partial charge is 0.480 e. The fourth-order valence-corrected chi connectivity index (χ4v) is 2.42. The number of hydrogen-bond acceptors (Lipinski definition) is 4. The molecule has 1 fully saturated rings. The number of carbonyl (C=O) groups is 2. The Morgan fingerprint density at radius 3 is 2.56 bits per heavy atom. The number of aliphatic carboxylic acids is 1. The van der Waals surface area contributed by atoms with E-state index in [9.17, 15) is 18.0 Å². The van der Waals surface area contributed by atoms with Crippen molar-refractivity contribution >= 4 is 21.8 Å². The van der Waals surface area contributed by atoms with Crippen molar-refractivity contribution in [3.63, 3.8) is 0 Å². The highest BCUT2D eigenvalue weighted by atomic mass is 32.2. The number of amides is 2. The molecular formula is C10H18N2O5S. The summed E-state index contributed by atoms with van der Waals surface area (Å²) in [5.74, 6) is -1.20. The van der Waals surface area contributed by atoms with E-state index in [-0.39, 0.29) is 12.3 Å². The Kier molecular flexibility index (Phi) is 4.20. The Balaban J connectivity index is 2.59. The van der Waals surface area contributed by atoms with Gasteiger partial charge in [-0.15, -0.1) is 0 Å². The van der Waals surface area contributed by atoms with Gasteiger partial charge in [-0.1, -0.05) is 0 Å². The van der Waals surface area contributed by atoms with Crippen LogP contribution in [-0.4, -0.2) is 61.1 Å². The van der Waals surface area contributed by atoms with Crippen molar-refractivity contribution < 1.29 is 23.1 Å². The van der Waals surface area contributed by atoms with Gasteiger partial charge >= 0.3 is 12.0 Å². The lowest BCUT2D eigenvalue weighted by Gasteiger charge is -2.31. The standard InChI is InChI=1S/C10H18N2O5S/c1-10(8(13)14)4-3-6-12(10)9(15)11-5-7-18(2,16)17/h3-7H2,1-2H3,(H,11,15)(H,13,14). The van der Waals surface area contributed by atoms with Crippen molar-refractivity contribution in [2.24, 2.45) is 0 Å². The van der Waals surface area contributed by atoms with Gasteiger partial charge in [-0.3, -0.25) is 0 Å². The zero-order valence-corrected chi connectivity index (χ0v) is 11.3. The number of nitrogens with one attached hydrogen (secondary N) is 1. The SMILES string of the molecule is CC1(C(=O)O)CCCN1C(=O)NCCS(C)(=O)=O. The second kappa shape index (κ2) is 5.13. The fourth-order valence-electron chi connectivity index (χ4n) is 1.95. The van der Waals surface area contributed by atoms with E-state index in [2.05, 4.69) is 5.32 Å². The molecule has 0 radical (unpaired) electrons. The molecule has 7 nitrogen and oxygen atoms in total. The smallest absolute Gasteiger partial charge is 0.329 e. The highest BCUT2D eigenvalue weighted by Gasteiger charge is 2.45. The molecule has 0 saturated carbocycles. The van der Waals surface area contributed by atoms with Gasteiger partial charge in [-0.2, -0.15) is 0 Å². The average Bonchev–Trinajstić information content (AvgIpc) is 2.59. The third kappa shape index (κ3) is 3.34. The number of carbonyl (C=O) groups excluding carboxylic acids is 1. The van der Waals surface area contributed by atoms with Gasteiger partial charge in [-0.05, 0) is 19.8 Å². The van der Waals surface area contributed by atoms with Gasteiger partial charge < -0.3 is 15.3 Å². The number of likely N-dealkylation sites (tertiary alicyclic amines) is 1. The first-order valence-electron chi connectivity index (χ1n) is 5.63. The maximum Gasteiger partial charge on any atom is 0.329 e. The molecule has 0 aliphatic carbocycles. The van der Waals surface area contributed by atoms with Crippen LogP contribution in [0.3, 0.4) is 0 Å². The molecule has 1 unspecified atom stereocenters. The molecule has 2 amide bonds. The van der Waals surface area contributed by atoms with Crippen molar-refractivity contribution in [1.29, 1.82) is 0 Å². The third-order valence-corrected chi connectivity index (χ3v) is 4.04. The lowest BCUT2D eigenvalue weighted by atomic mass is 10.00. The van der Waals surface area contributed by atoms with Crippen LogP contribution in [-0.2, 0) is 14.6 Å². The summed E-state index contributed by atoms with van der Waals surface area (Å²) in [5, 5.41) is 11.6. The first-order valence-corrected chi connectivity index (χ1v) is 7.69. The molecular weight excluding hydrogens is 260 g/mol. The Bertz CT molecular complexity index is 447. The predicted molar refractivity (Wildman–Crippen MR) is 65.1 cm³/mol.